The van der Waals surface area contributed by atoms with Gasteiger partial charge in [-0.25, -0.2) is 0 Å². The van der Waals surface area contributed by atoms with Gasteiger partial charge in [0.25, 0.3) is 0 Å². The van der Waals surface area contributed by atoms with Crippen molar-refractivity contribution in [2.45, 2.75) is 84.8 Å². The number of aliphatic hydroxyl groups excluding tert-OH is 1. The largest absolute Gasteiger partial charge is 0.457 e. The lowest BCUT2D eigenvalue weighted by Gasteiger charge is -2.60. The van der Waals surface area contributed by atoms with Crippen LogP contribution in [0, 0.1) is 34.5 Å². The number of ketones is 2. The first kappa shape index (κ1) is 25.8. The topological polar surface area (TPSA) is 107 Å². The maximum Gasteiger partial charge on any atom is 0.306 e. The summed E-state index contributed by atoms with van der Waals surface area (Å²) in [6.45, 7) is 8.90. The van der Waals surface area contributed by atoms with E-state index in [0.29, 0.717) is 6.42 Å². The monoisotopic (exact) mass is 486 g/mol. The molecule has 192 valence electrons. The molecule has 7 heteroatoms. The Morgan fingerprint density at radius 3 is 2.49 bits per heavy atom. The van der Waals surface area contributed by atoms with Gasteiger partial charge in [0, 0.05) is 35.5 Å². The third kappa shape index (κ3) is 3.73. The van der Waals surface area contributed by atoms with Gasteiger partial charge in [0.05, 0.1) is 6.10 Å². The lowest BCUT2D eigenvalue weighted by Crippen LogP contribution is -2.64. The van der Waals surface area contributed by atoms with Crippen LogP contribution in [0.2, 0.25) is 0 Å². The van der Waals surface area contributed by atoms with Gasteiger partial charge in [-0.15, -0.1) is 0 Å². The van der Waals surface area contributed by atoms with Crippen LogP contribution in [0.1, 0.15) is 73.1 Å². The van der Waals surface area contributed by atoms with Gasteiger partial charge in [0.15, 0.2) is 18.0 Å². The van der Waals surface area contributed by atoms with Gasteiger partial charge in [0.1, 0.15) is 0 Å². The average molecular weight is 487 g/mol. The molecule has 4 rings (SSSR count). The normalized spacial score (nSPS) is 41.8. The van der Waals surface area contributed by atoms with Gasteiger partial charge in [-0.2, -0.15) is 0 Å². The molecule has 0 spiro atoms. The van der Waals surface area contributed by atoms with E-state index in [0.717, 1.165) is 18.4 Å². The Kier molecular flexibility index (Phi) is 6.62. The molecule has 0 aromatic rings. The van der Waals surface area contributed by atoms with Gasteiger partial charge >= 0.3 is 11.9 Å². The summed E-state index contributed by atoms with van der Waals surface area (Å²) in [7, 11) is 0. The number of Topliss-reactive ketones (excluding diaryl/α,β-unsaturated/α-hetero) is 1. The minimum Gasteiger partial charge on any atom is -0.457 e. The molecule has 3 saturated carbocycles. The van der Waals surface area contributed by atoms with E-state index in [1.807, 2.05) is 19.9 Å². The minimum atomic E-state index is -1.47. The third-order valence-electron chi connectivity index (χ3n) is 9.67. The maximum atomic E-state index is 13.8. The molecule has 8 atom stereocenters. The van der Waals surface area contributed by atoms with Crippen molar-refractivity contribution in [3.8, 4) is 0 Å². The summed E-state index contributed by atoms with van der Waals surface area (Å²) in [6.07, 6.45) is 7.31. The predicted octanol–water partition coefficient (Wildman–Crippen LogP) is 3.73. The molecule has 0 aromatic heterocycles. The number of carbonyl (C=O) groups is 4. The summed E-state index contributed by atoms with van der Waals surface area (Å²) in [5.74, 6) is -1.63. The summed E-state index contributed by atoms with van der Waals surface area (Å²) in [5.41, 5.74) is -1.64. The molecule has 35 heavy (non-hydrogen) atoms. The van der Waals surface area contributed by atoms with Crippen molar-refractivity contribution >= 4 is 23.5 Å². The predicted molar refractivity (Wildman–Crippen MR) is 128 cm³/mol. The summed E-state index contributed by atoms with van der Waals surface area (Å²) in [5, 5.41) is 11.7. The van der Waals surface area contributed by atoms with E-state index in [4.69, 9.17) is 9.47 Å². The van der Waals surface area contributed by atoms with Crippen molar-refractivity contribution in [3.63, 3.8) is 0 Å². The highest BCUT2D eigenvalue weighted by Crippen LogP contribution is 2.69. The number of hydrogen-bond acceptors (Lipinski definition) is 7. The first-order chi connectivity index (χ1) is 16.4. The van der Waals surface area contributed by atoms with E-state index in [9.17, 15) is 24.3 Å². The minimum absolute atomic E-state index is 0.0155. The fourth-order valence-electron chi connectivity index (χ4n) is 8.12. The highest BCUT2D eigenvalue weighted by molar-refractivity contribution is 6.01. The second-order valence-electron chi connectivity index (χ2n) is 11.3. The van der Waals surface area contributed by atoms with Crippen LogP contribution in [0.3, 0.4) is 0 Å². The molecule has 7 nitrogen and oxygen atoms in total. The Bertz CT molecular complexity index is 995. The van der Waals surface area contributed by atoms with E-state index in [-0.39, 0.29) is 48.7 Å². The van der Waals surface area contributed by atoms with Crippen molar-refractivity contribution < 1.29 is 33.8 Å². The molecule has 0 bridgehead atoms. The molecule has 0 heterocycles. The third-order valence-corrected chi connectivity index (χ3v) is 9.67. The smallest absolute Gasteiger partial charge is 0.306 e. The van der Waals surface area contributed by atoms with Gasteiger partial charge in [-0.1, -0.05) is 46.3 Å². The Morgan fingerprint density at radius 1 is 1.14 bits per heavy atom. The van der Waals surface area contributed by atoms with E-state index < -0.39 is 46.9 Å². The molecule has 0 aromatic carbocycles. The zero-order valence-corrected chi connectivity index (χ0v) is 21.5. The fraction of sp³-hybridized carbons (Fsp3) is 0.714. The molecule has 0 radical (unpaired) electrons. The molecular weight excluding hydrogens is 448 g/mol. The molecule has 0 aliphatic heterocycles. The number of hydrogen-bond donors (Lipinski definition) is 1. The lowest BCUT2D eigenvalue weighted by molar-refractivity contribution is -0.206. The molecule has 3 fully saturated rings. The summed E-state index contributed by atoms with van der Waals surface area (Å²) >= 11 is 0. The van der Waals surface area contributed by atoms with Crippen LogP contribution >= 0.6 is 0 Å². The summed E-state index contributed by atoms with van der Waals surface area (Å²) < 4.78 is 11.3. The number of esters is 2. The van der Waals surface area contributed by atoms with Crippen molar-refractivity contribution in [2.75, 3.05) is 6.61 Å². The zero-order chi connectivity index (χ0) is 25.8. The van der Waals surface area contributed by atoms with E-state index >= 15 is 0 Å². The van der Waals surface area contributed by atoms with Crippen molar-refractivity contribution in [3.05, 3.63) is 23.8 Å². The number of rotatable bonds is 6. The van der Waals surface area contributed by atoms with Crippen molar-refractivity contribution in [2.24, 2.45) is 34.5 Å². The molecule has 0 saturated heterocycles. The van der Waals surface area contributed by atoms with Gasteiger partial charge < -0.3 is 14.6 Å². The number of ether oxygens (including phenoxy) is 2. The summed E-state index contributed by atoms with van der Waals surface area (Å²) in [4.78, 5) is 50.4. The van der Waals surface area contributed by atoms with Crippen molar-refractivity contribution in [1.82, 2.24) is 0 Å². The standard InChI is InChI=1S/C28H38O7/c1-6-23(32)34-15-22(31)28(35-24(33)7-2)16(3)12-20-19-9-8-17-13-18(29)10-11-26(17,4)25(19)21(30)14-27(20,28)5/h10-11,13,16,19-21,25,30H,6-9,12,14-15H2,1-5H3/t16-,19+,20+,21+,25-,26+,27+,28+/m1/s1. The van der Waals surface area contributed by atoms with Crippen LogP contribution in [0.25, 0.3) is 0 Å². The summed E-state index contributed by atoms with van der Waals surface area (Å²) in [6, 6.07) is 0. The molecule has 0 unspecified atom stereocenters. The first-order valence-corrected chi connectivity index (χ1v) is 13.0. The number of carbonyl (C=O) groups excluding carboxylic acids is 4. The molecule has 1 N–H and O–H groups in total. The van der Waals surface area contributed by atoms with Gasteiger partial charge in [0.2, 0.25) is 5.78 Å². The second kappa shape index (κ2) is 8.99. The first-order valence-electron chi connectivity index (χ1n) is 13.0. The molecule has 0 amide bonds. The lowest BCUT2D eigenvalue weighted by atomic mass is 9.46. The fourth-order valence-corrected chi connectivity index (χ4v) is 8.12. The second-order valence-corrected chi connectivity index (χ2v) is 11.3. The van der Waals surface area contributed by atoms with Crippen LogP contribution in [0.5, 0.6) is 0 Å². The maximum absolute atomic E-state index is 13.8. The van der Waals surface area contributed by atoms with Gasteiger partial charge in [-0.05, 0) is 49.7 Å². The molecule has 4 aliphatic rings. The Balaban J connectivity index is 1.76. The van der Waals surface area contributed by atoms with Gasteiger partial charge in [-0.3, -0.25) is 19.2 Å². The SMILES string of the molecule is CCC(=O)OCC(=O)[C@@]1(OC(=O)CC)[C@H](C)C[C@H]2[C@@H]3CCC4=CC(=O)C=C[C@]4(C)[C@H]3[C@@H](O)C[C@@]21C. The number of allylic oxidation sites excluding steroid dienone is 4. The van der Waals surface area contributed by atoms with Crippen LogP contribution in [-0.2, 0) is 28.7 Å². The number of fused-ring (bicyclic) bond motifs is 5. The highest BCUT2D eigenvalue weighted by Gasteiger charge is 2.72. The average Bonchev–Trinajstić information content (AvgIpc) is 3.04. The van der Waals surface area contributed by atoms with Crippen molar-refractivity contribution in [1.29, 1.82) is 0 Å². The Labute approximate surface area is 207 Å². The van der Waals surface area contributed by atoms with Crippen LogP contribution in [-0.4, -0.2) is 46.9 Å². The number of aliphatic hydroxyl groups is 1. The zero-order valence-electron chi connectivity index (χ0n) is 21.5. The van der Waals surface area contributed by atoms with Crippen LogP contribution < -0.4 is 0 Å². The highest BCUT2D eigenvalue weighted by atomic mass is 16.6. The van der Waals surface area contributed by atoms with Crippen LogP contribution in [0.15, 0.2) is 23.8 Å². The van der Waals surface area contributed by atoms with E-state index in [1.165, 1.54) is 0 Å². The van der Waals surface area contributed by atoms with E-state index in [1.54, 1.807) is 26.0 Å². The Hall–Kier alpha value is -2.28. The molecular formula is C28H38O7. The quantitative estimate of drug-likeness (QED) is 0.570. The van der Waals surface area contributed by atoms with Crippen LogP contribution in [0.4, 0.5) is 0 Å². The Morgan fingerprint density at radius 2 is 1.83 bits per heavy atom. The molecule has 4 aliphatic carbocycles. The van der Waals surface area contributed by atoms with E-state index in [2.05, 4.69) is 6.92 Å².